The number of para-hydroxylation sites is 1. The first-order valence-corrected chi connectivity index (χ1v) is 10.9. The number of nitrogens with one attached hydrogen (secondary N) is 1. The topological polar surface area (TPSA) is 66.9 Å². The molecule has 0 radical (unpaired) electrons. The Morgan fingerprint density at radius 1 is 1.16 bits per heavy atom. The number of ether oxygens (including phenoxy) is 2. The molecule has 0 aliphatic carbocycles. The van der Waals surface area contributed by atoms with E-state index in [4.69, 9.17) is 9.47 Å². The maximum atomic E-state index is 13.4. The van der Waals surface area contributed by atoms with E-state index in [1.54, 1.807) is 31.4 Å². The lowest BCUT2D eigenvalue weighted by molar-refractivity contribution is 0.0944. The van der Waals surface area contributed by atoms with Gasteiger partial charge >= 0.3 is 0 Å². The minimum atomic E-state index is -0.235. The average Bonchev–Trinajstić information content (AvgIpc) is 3.22. The molecule has 2 aromatic carbocycles. The van der Waals surface area contributed by atoms with Crippen LogP contribution in [0.5, 0.6) is 11.5 Å². The molecule has 0 unspecified atom stereocenters. The maximum absolute atomic E-state index is 13.4. The van der Waals surface area contributed by atoms with E-state index in [0.717, 1.165) is 48.1 Å². The van der Waals surface area contributed by atoms with Gasteiger partial charge in [0.25, 0.3) is 5.91 Å². The van der Waals surface area contributed by atoms with Gasteiger partial charge in [-0.15, -0.1) is 0 Å². The van der Waals surface area contributed by atoms with Crippen molar-refractivity contribution in [2.45, 2.75) is 0 Å². The predicted molar refractivity (Wildman–Crippen MR) is 120 cm³/mol. The molecular weight excluding hydrogens is 419 g/mol. The van der Waals surface area contributed by atoms with Gasteiger partial charge in [0, 0.05) is 39.3 Å². The number of piperazine rings is 1. The second kappa shape index (κ2) is 9.49. The zero-order chi connectivity index (χ0) is 21.8. The highest BCUT2D eigenvalue weighted by molar-refractivity contribution is 7.22. The molecule has 2 heterocycles. The lowest BCUT2D eigenvalue weighted by Crippen LogP contribution is -2.48. The Morgan fingerprint density at radius 3 is 2.71 bits per heavy atom. The highest BCUT2D eigenvalue weighted by Crippen LogP contribution is 2.31. The number of rotatable bonds is 7. The third-order valence-electron chi connectivity index (χ3n) is 5.34. The first-order chi connectivity index (χ1) is 15.1. The van der Waals surface area contributed by atoms with E-state index >= 15 is 0 Å². The number of amides is 1. The first kappa shape index (κ1) is 21.3. The third kappa shape index (κ3) is 4.72. The second-order valence-corrected chi connectivity index (χ2v) is 8.24. The lowest BCUT2D eigenvalue weighted by atomic mass is 10.1. The molecule has 0 saturated carbocycles. The van der Waals surface area contributed by atoms with E-state index in [1.807, 2.05) is 0 Å². The van der Waals surface area contributed by atoms with Crippen LogP contribution >= 0.6 is 11.3 Å². The van der Waals surface area contributed by atoms with Crippen molar-refractivity contribution in [3.8, 4) is 11.5 Å². The van der Waals surface area contributed by atoms with Crippen molar-refractivity contribution < 1.29 is 18.7 Å². The Morgan fingerprint density at radius 2 is 1.97 bits per heavy atom. The summed E-state index contributed by atoms with van der Waals surface area (Å²) >= 11 is 1.52. The van der Waals surface area contributed by atoms with Crippen molar-refractivity contribution in [2.75, 3.05) is 58.4 Å². The number of nitrogens with zero attached hydrogens (tertiary/aromatic N) is 3. The van der Waals surface area contributed by atoms with Crippen LogP contribution in [0.3, 0.4) is 0 Å². The van der Waals surface area contributed by atoms with Gasteiger partial charge in [-0.2, -0.15) is 0 Å². The Labute approximate surface area is 184 Å². The minimum Gasteiger partial charge on any atom is -0.493 e. The molecule has 3 aromatic rings. The highest BCUT2D eigenvalue weighted by atomic mass is 32.1. The summed E-state index contributed by atoms with van der Waals surface area (Å²) in [5.74, 6) is 0.549. The zero-order valence-electron chi connectivity index (χ0n) is 17.6. The van der Waals surface area contributed by atoms with Crippen LogP contribution in [0.15, 0.2) is 36.4 Å². The van der Waals surface area contributed by atoms with Crippen molar-refractivity contribution >= 4 is 32.6 Å². The van der Waals surface area contributed by atoms with E-state index in [9.17, 15) is 9.18 Å². The van der Waals surface area contributed by atoms with Crippen molar-refractivity contribution in [3.05, 3.63) is 47.8 Å². The van der Waals surface area contributed by atoms with Gasteiger partial charge in [0.2, 0.25) is 0 Å². The predicted octanol–water partition coefficient (Wildman–Crippen LogP) is 3.00. The van der Waals surface area contributed by atoms with Gasteiger partial charge in [-0.05, 0) is 30.3 Å². The van der Waals surface area contributed by atoms with E-state index < -0.39 is 0 Å². The average molecular weight is 445 g/mol. The molecule has 0 bridgehead atoms. The fraction of sp³-hybridized carbons (Fsp3) is 0.364. The van der Waals surface area contributed by atoms with E-state index in [-0.39, 0.29) is 11.7 Å². The SMILES string of the molecule is COc1cccc(C(=O)NCCN2CCN(c3nc4ccc(F)cc4s3)CC2)c1OC. The maximum Gasteiger partial charge on any atom is 0.255 e. The summed E-state index contributed by atoms with van der Waals surface area (Å²) < 4.78 is 24.9. The van der Waals surface area contributed by atoms with Gasteiger partial charge in [-0.1, -0.05) is 17.4 Å². The summed E-state index contributed by atoms with van der Waals surface area (Å²) in [7, 11) is 3.07. The zero-order valence-corrected chi connectivity index (χ0v) is 18.4. The van der Waals surface area contributed by atoms with Gasteiger partial charge < -0.3 is 19.7 Å². The third-order valence-corrected chi connectivity index (χ3v) is 6.42. The molecule has 0 atom stereocenters. The van der Waals surface area contributed by atoms with Gasteiger partial charge in [0.15, 0.2) is 16.6 Å². The Hall–Kier alpha value is -2.91. The molecule has 9 heteroatoms. The highest BCUT2D eigenvalue weighted by Gasteiger charge is 2.21. The monoisotopic (exact) mass is 444 g/mol. The molecule has 1 N–H and O–H groups in total. The van der Waals surface area contributed by atoms with E-state index in [2.05, 4.69) is 20.1 Å². The second-order valence-electron chi connectivity index (χ2n) is 7.23. The van der Waals surface area contributed by atoms with Gasteiger partial charge in [0.1, 0.15) is 5.82 Å². The molecule has 1 fully saturated rings. The number of hydrogen-bond donors (Lipinski definition) is 1. The smallest absolute Gasteiger partial charge is 0.255 e. The standard InChI is InChI=1S/C22H25FN4O3S/c1-29-18-5-3-4-16(20(18)30-2)21(28)24-8-9-26-10-12-27(13-11-26)22-25-17-7-6-15(23)14-19(17)31-22/h3-7,14H,8-13H2,1-2H3,(H,24,28). The van der Waals surface area contributed by atoms with Crippen molar-refractivity contribution in [3.63, 3.8) is 0 Å². The van der Waals surface area contributed by atoms with Crippen molar-refractivity contribution in [2.24, 2.45) is 0 Å². The fourth-order valence-corrected chi connectivity index (χ4v) is 4.72. The van der Waals surface area contributed by atoms with Gasteiger partial charge in [0.05, 0.1) is 30.0 Å². The normalized spacial score (nSPS) is 14.6. The van der Waals surface area contributed by atoms with Crippen LogP contribution in [0.2, 0.25) is 0 Å². The molecule has 31 heavy (non-hydrogen) atoms. The van der Waals surface area contributed by atoms with E-state index in [1.165, 1.54) is 30.6 Å². The summed E-state index contributed by atoms with van der Waals surface area (Å²) in [5.41, 5.74) is 1.29. The largest absolute Gasteiger partial charge is 0.493 e. The number of thiazole rings is 1. The quantitative estimate of drug-likeness (QED) is 0.604. The summed E-state index contributed by atoms with van der Waals surface area (Å²) in [5, 5.41) is 3.89. The number of hydrogen-bond acceptors (Lipinski definition) is 7. The van der Waals surface area contributed by atoms with Crippen molar-refractivity contribution in [1.82, 2.24) is 15.2 Å². The lowest BCUT2D eigenvalue weighted by Gasteiger charge is -2.34. The van der Waals surface area contributed by atoms with Crippen LogP contribution in [-0.2, 0) is 0 Å². The summed E-state index contributed by atoms with van der Waals surface area (Å²) in [6, 6.07) is 9.95. The number of methoxy groups -OCH3 is 2. The molecule has 1 saturated heterocycles. The molecular formula is C22H25FN4O3S. The van der Waals surface area contributed by atoms with Gasteiger partial charge in [-0.25, -0.2) is 9.37 Å². The van der Waals surface area contributed by atoms with Crippen LogP contribution in [-0.4, -0.2) is 69.3 Å². The van der Waals surface area contributed by atoms with Crippen molar-refractivity contribution in [1.29, 1.82) is 0 Å². The summed E-state index contributed by atoms with van der Waals surface area (Å²) in [4.78, 5) is 21.8. The van der Waals surface area contributed by atoms with Crippen LogP contribution in [0, 0.1) is 5.82 Å². The molecule has 4 rings (SSSR count). The van der Waals surface area contributed by atoms with Crippen LogP contribution < -0.4 is 19.7 Å². The number of carbonyl (C=O) groups is 1. The summed E-state index contributed by atoms with van der Waals surface area (Å²) in [6.07, 6.45) is 0. The number of benzene rings is 2. The van der Waals surface area contributed by atoms with Crippen LogP contribution in [0.4, 0.5) is 9.52 Å². The summed E-state index contributed by atoms with van der Waals surface area (Å²) in [6.45, 7) is 4.75. The molecule has 1 aliphatic rings. The number of halogens is 1. The molecule has 7 nitrogen and oxygen atoms in total. The molecule has 164 valence electrons. The van der Waals surface area contributed by atoms with E-state index in [0.29, 0.717) is 23.6 Å². The molecule has 1 amide bonds. The number of anilines is 1. The molecule has 0 spiro atoms. The molecule has 1 aromatic heterocycles. The molecule has 1 aliphatic heterocycles. The fourth-order valence-electron chi connectivity index (χ4n) is 3.67. The first-order valence-electron chi connectivity index (χ1n) is 10.1. The van der Waals surface area contributed by atoms with Crippen LogP contribution in [0.25, 0.3) is 10.2 Å². The number of aromatic nitrogens is 1. The Bertz CT molecular complexity index is 1070. The Balaban J connectivity index is 1.27. The number of fused-ring (bicyclic) bond motifs is 1. The minimum absolute atomic E-state index is 0.184. The van der Waals surface area contributed by atoms with Gasteiger partial charge in [-0.3, -0.25) is 9.69 Å². The van der Waals surface area contributed by atoms with Crippen LogP contribution in [0.1, 0.15) is 10.4 Å². The number of carbonyl (C=O) groups excluding carboxylic acids is 1. The Kier molecular flexibility index (Phi) is 6.53.